The maximum absolute atomic E-state index is 12.3. The monoisotopic (exact) mass is 302 g/mol. The molecule has 4 N–H and O–H groups in total. The molecule has 2 atom stereocenters. The van der Waals surface area contributed by atoms with Gasteiger partial charge in [-0.05, 0) is 31.6 Å². The number of aromatic nitrogens is 1. The molecule has 19 heavy (non-hydrogen) atoms. The number of nitrogen functional groups attached to an aromatic ring is 1. The molecule has 0 aliphatic heterocycles. The zero-order chi connectivity index (χ0) is 13.9. The van der Waals surface area contributed by atoms with E-state index >= 15 is 0 Å². The Bertz CT molecular complexity index is 535. The van der Waals surface area contributed by atoms with Crippen molar-refractivity contribution in [2.24, 2.45) is 5.84 Å². The summed E-state index contributed by atoms with van der Waals surface area (Å²) in [6.45, 7) is 0. The highest BCUT2D eigenvalue weighted by molar-refractivity contribution is 7.99. The summed E-state index contributed by atoms with van der Waals surface area (Å²) < 4.78 is 27.4. The van der Waals surface area contributed by atoms with Crippen LogP contribution in [0.25, 0.3) is 0 Å². The van der Waals surface area contributed by atoms with Crippen LogP contribution in [0, 0.1) is 0 Å². The summed E-state index contributed by atoms with van der Waals surface area (Å²) in [6, 6.07) is 1.53. The van der Waals surface area contributed by atoms with E-state index in [0.29, 0.717) is 10.9 Å². The van der Waals surface area contributed by atoms with E-state index in [1.165, 1.54) is 18.5 Å². The van der Waals surface area contributed by atoms with Gasteiger partial charge in [-0.2, -0.15) is 11.8 Å². The van der Waals surface area contributed by atoms with E-state index in [0.717, 1.165) is 19.3 Å². The highest BCUT2D eigenvalue weighted by atomic mass is 32.2. The van der Waals surface area contributed by atoms with Crippen molar-refractivity contribution in [2.45, 2.75) is 35.4 Å². The number of hydrogen-bond acceptors (Lipinski definition) is 6. The topological polar surface area (TPSA) is 97.1 Å². The van der Waals surface area contributed by atoms with Crippen LogP contribution in [0.1, 0.15) is 19.3 Å². The Kier molecular flexibility index (Phi) is 4.67. The van der Waals surface area contributed by atoms with E-state index in [9.17, 15) is 8.42 Å². The molecule has 1 aliphatic carbocycles. The lowest BCUT2D eigenvalue weighted by atomic mass is 10.3. The average Bonchev–Trinajstić information content (AvgIpc) is 2.85. The summed E-state index contributed by atoms with van der Waals surface area (Å²) in [5.41, 5.74) is 2.73. The van der Waals surface area contributed by atoms with Crippen LogP contribution < -0.4 is 16.0 Å². The molecule has 2 rings (SSSR count). The zero-order valence-electron chi connectivity index (χ0n) is 10.7. The number of anilines is 1. The van der Waals surface area contributed by atoms with Crippen LogP contribution >= 0.6 is 11.8 Å². The number of sulfonamides is 1. The normalized spacial score (nSPS) is 23.5. The first-order chi connectivity index (χ1) is 9.06. The van der Waals surface area contributed by atoms with Gasteiger partial charge in [0.15, 0.2) is 0 Å². The van der Waals surface area contributed by atoms with Gasteiger partial charge in [-0.25, -0.2) is 13.1 Å². The third kappa shape index (κ3) is 3.38. The van der Waals surface area contributed by atoms with Crippen LogP contribution in [0.4, 0.5) is 5.69 Å². The first kappa shape index (κ1) is 14.6. The molecule has 1 saturated carbocycles. The Hall–Kier alpha value is -0.830. The lowest BCUT2D eigenvalue weighted by Crippen LogP contribution is -2.33. The number of nitrogens with two attached hydrogens (primary N) is 1. The van der Waals surface area contributed by atoms with Crippen molar-refractivity contribution in [1.82, 2.24) is 9.71 Å². The van der Waals surface area contributed by atoms with Gasteiger partial charge in [0.2, 0.25) is 10.0 Å². The van der Waals surface area contributed by atoms with Gasteiger partial charge in [-0.1, -0.05) is 0 Å². The number of thioether (sulfide) groups is 1. The summed E-state index contributed by atoms with van der Waals surface area (Å²) in [5.74, 6) is 5.33. The number of pyridine rings is 1. The second-order valence-electron chi connectivity index (χ2n) is 4.51. The predicted octanol–water partition coefficient (Wildman–Crippen LogP) is 0.930. The van der Waals surface area contributed by atoms with Gasteiger partial charge in [-0.3, -0.25) is 10.8 Å². The van der Waals surface area contributed by atoms with Crippen molar-refractivity contribution in [3.8, 4) is 0 Å². The summed E-state index contributed by atoms with van der Waals surface area (Å²) in [4.78, 5) is 3.93. The molecule has 1 aliphatic rings. The van der Waals surface area contributed by atoms with E-state index in [1.54, 1.807) is 11.8 Å². The van der Waals surface area contributed by atoms with Gasteiger partial charge in [0.05, 0.1) is 5.69 Å². The molecular formula is C11H18N4O2S2. The SMILES string of the molecule is CSC1CCC(NS(=O)(=O)c2cnccc2NN)C1. The maximum atomic E-state index is 12.3. The Morgan fingerprint density at radius 2 is 2.26 bits per heavy atom. The molecule has 0 radical (unpaired) electrons. The summed E-state index contributed by atoms with van der Waals surface area (Å²) >= 11 is 1.79. The number of nitrogens with zero attached hydrogens (tertiary/aromatic N) is 1. The molecular weight excluding hydrogens is 284 g/mol. The second kappa shape index (κ2) is 6.08. The molecule has 1 heterocycles. The van der Waals surface area contributed by atoms with Gasteiger partial charge < -0.3 is 5.43 Å². The number of hydrazine groups is 1. The number of hydrogen-bond donors (Lipinski definition) is 3. The smallest absolute Gasteiger partial charge is 0.244 e. The fraction of sp³-hybridized carbons (Fsp3) is 0.545. The first-order valence-corrected chi connectivity index (χ1v) is 8.79. The second-order valence-corrected chi connectivity index (χ2v) is 7.33. The third-order valence-corrected chi connectivity index (χ3v) is 5.91. The Balaban J connectivity index is 2.15. The summed E-state index contributed by atoms with van der Waals surface area (Å²) in [6.07, 6.45) is 7.64. The van der Waals surface area contributed by atoms with Gasteiger partial charge in [-0.15, -0.1) is 0 Å². The van der Waals surface area contributed by atoms with Crippen LogP contribution in [0.2, 0.25) is 0 Å². The van der Waals surface area contributed by atoms with Gasteiger partial charge in [0, 0.05) is 23.7 Å². The first-order valence-electron chi connectivity index (χ1n) is 6.02. The minimum absolute atomic E-state index is 0.00622. The molecule has 6 nitrogen and oxygen atoms in total. The molecule has 0 aromatic carbocycles. The largest absolute Gasteiger partial charge is 0.323 e. The molecule has 1 fully saturated rings. The third-order valence-electron chi connectivity index (χ3n) is 3.27. The lowest BCUT2D eigenvalue weighted by Gasteiger charge is -2.15. The molecule has 0 amide bonds. The van der Waals surface area contributed by atoms with Crippen LogP contribution in [-0.2, 0) is 10.0 Å². The average molecular weight is 302 g/mol. The minimum Gasteiger partial charge on any atom is -0.323 e. The van der Waals surface area contributed by atoms with Crippen LogP contribution in [-0.4, -0.2) is 30.9 Å². The van der Waals surface area contributed by atoms with Crippen LogP contribution in [0.3, 0.4) is 0 Å². The van der Waals surface area contributed by atoms with Crippen LogP contribution in [0.15, 0.2) is 23.4 Å². The van der Waals surface area contributed by atoms with E-state index in [2.05, 4.69) is 21.4 Å². The van der Waals surface area contributed by atoms with Gasteiger partial charge >= 0.3 is 0 Å². The highest BCUT2D eigenvalue weighted by Gasteiger charge is 2.29. The Labute approximate surface area is 117 Å². The molecule has 1 aromatic rings. The Morgan fingerprint density at radius 1 is 1.47 bits per heavy atom. The summed E-state index contributed by atoms with van der Waals surface area (Å²) in [5, 5.41) is 0.536. The maximum Gasteiger partial charge on any atom is 0.244 e. The van der Waals surface area contributed by atoms with Crippen molar-refractivity contribution in [2.75, 3.05) is 11.7 Å². The molecule has 0 saturated heterocycles. The molecule has 0 spiro atoms. The molecule has 8 heteroatoms. The van der Waals surface area contributed by atoms with E-state index in [4.69, 9.17) is 5.84 Å². The molecule has 106 valence electrons. The number of rotatable bonds is 5. The van der Waals surface area contributed by atoms with E-state index in [1.807, 2.05) is 0 Å². The molecule has 1 aromatic heterocycles. The van der Waals surface area contributed by atoms with Crippen molar-refractivity contribution in [3.05, 3.63) is 18.5 Å². The van der Waals surface area contributed by atoms with Crippen molar-refractivity contribution in [1.29, 1.82) is 0 Å². The van der Waals surface area contributed by atoms with Crippen molar-refractivity contribution < 1.29 is 8.42 Å². The Morgan fingerprint density at radius 3 is 2.89 bits per heavy atom. The summed E-state index contributed by atoms with van der Waals surface area (Å²) in [7, 11) is -3.58. The predicted molar refractivity (Wildman–Crippen MR) is 77.3 cm³/mol. The molecule has 0 bridgehead atoms. The fourth-order valence-corrected chi connectivity index (χ4v) is 4.45. The van der Waals surface area contributed by atoms with Gasteiger partial charge in [0.25, 0.3) is 0 Å². The van der Waals surface area contributed by atoms with E-state index < -0.39 is 10.0 Å². The van der Waals surface area contributed by atoms with Crippen molar-refractivity contribution >= 4 is 27.5 Å². The van der Waals surface area contributed by atoms with Crippen molar-refractivity contribution in [3.63, 3.8) is 0 Å². The quantitative estimate of drug-likeness (QED) is 0.553. The highest BCUT2D eigenvalue weighted by Crippen LogP contribution is 2.29. The minimum atomic E-state index is -3.58. The standard InChI is InChI=1S/C11H18N4O2S2/c1-18-9-3-2-8(6-9)15-19(16,17)11-7-13-5-4-10(11)14-12/h4-5,7-9,15H,2-3,6,12H2,1H3,(H,13,14). The number of nitrogens with one attached hydrogen (secondary N) is 2. The van der Waals surface area contributed by atoms with E-state index in [-0.39, 0.29) is 10.9 Å². The van der Waals surface area contributed by atoms with Crippen LogP contribution in [0.5, 0.6) is 0 Å². The van der Waals surface area contributed by atoms with Gasteiger partial charge in [0.1, 0.15) is 4.90 Å². The fourth-order valence-electron chi connectivity index (χ4n) is 2.26. The lowest BCUT2D eigenvalue weighted by molar-refractivity contribution is 0.552. The zero-order valence-corrected chi connectivity index (χ0v) is 12.3. The molecule has 2 unspecified atom stereocenters.